The van der Waals surface area contributed by atoms with E-state index in [-0.39, 0.29) is 6.09 Å². The molecule has 0 saturated carbocycles. The van der Waals surface area contributed by atoms with Crippen molar-refractivity contribution in [1.29, 1.82) is 0 Å². The van der Waals surface area contributed by atoms with Gasteiger partial charge in [0.1, 0.15) is 0 Å². The van der Waals surface area contributed by atoms with Gasteiger partial charge >= 0.3 is 6.09 Å². The Morgan fingerprint density at radius 1 is 1.15 bits per heavy atom. The van der Waals surface area contributed by atoms with Crippen molar-refractivity contribution < 1.29 is 9.53 Å². The first-order chi connectivity index (χ1) is 6.31. The Morgan fingerprint density at radius 2 is 1.77 bits per heavy atom. The van der Waals surface area contributed by atoms with Gasteiger partial charge < -0.3 is 15.4 Å². The van der Waals surface area contributed by atoms with Crippen molar-refractivity contribution in [2.45, 2.75) is 25.7 Å². The zero-order valence-electron chi connectivity index (χ0n) is 8.56. The van der Waals surface area contributed by atoms with E-state index in [0.717, 1.165) is 19.4 Å². The van der Waals surface area contributed by atoms with E-state index in [1.165, 1.54) is 20.0 Å². The Kier molecular flexibility index (Phi) is 8.77. The first kappa shape index (κ1) is 12.2. The molecule has 0 heterocycles. The van der Waals surface area contributed by atoms with Gasteiger partial charge in [0.25, 0.3) is 0 Å². The molecule has 4 heteroatoms. The summed E-state index contributed by atoms with van der Waals surface area (Å²) < 4.78 is 4.44. The number of ether oxygens (including phenoxy) is 1. The molecule has 78 valence electrons. The lowest BCUT2D eigenvalue weighted by Crippen LogP contribution is -2.23. The Balaban J connectivity index is 2.95. The highest BCUT2D eigenvalue weighted by Gasteiger charge is 1.95. The molecular formula is C9H20N2O2. The molecule has 0 rings (SSSR count). The minimum Gasteiger partial charge on any atom is -0.453 e. The van der Waals surface area contributed by atoms with Crippen LogP contribution in [0.1, 0.15) is 25.7 Å². The smallest absolute Gasteiger partial charge is 0.406 e. The molecule has 0 aromatic heterocycles. The molecule has 0 spiro atoms. The Bertz CT molecular complexity index is 129. The molecule has 0 unspecified atom stereocenters. The summed E-state index contributed by atoms with van der Waals surface area (Å²) in [4.78, 5) is 10.6. The quantitative estimate of drug-likeness (QED) is 0.589. The van der Waals surface area contributed by atoms with E-state index in [1.54, 1.807) is 0 Å². The maximum absolute atomic E-state index is 10.6. The van der Waals surface area contributed by atoms with Crippen molar-refractivity contribution in [3.63, 3.8) is 0 Å². The van der Waals surface area contributed by atoms with Crippen molar-refractivity contribution in [3.8, 4) is 0 Å². The van der Waals surface area contributed by atoms with E-state index in [0.29, 0.717) is 6.54 Å². The van der Waals surface area contributed by atoms with Crippen molar-refractivity contribution >= 4 is 6.09 Å². The van der Waals surface area contributed by atoms with Crippen LogP contribution in [0.4, 0.5) is 4.79 Å². The summed E-state index contributed by atoms with van der Waals surface area (Å²) in [5.74, 6) is 0. The Labute approximate surface area is 80.0 Å². The number of carbonyl (C=O) groups excluding carboxylic acids is 1. The third-order valence-corrected chi connectivity index (χ3v) is 1.81. The monoisotopic (exact) mass is 188 g/mol. The molecule has 2 N–H and O–H groups in total. The van der Waals surface area contributed by atoms with E-state index >= 15 is 0 Å². The number of rotatable bonds is 7. The molecule has 0 fully saturated rings. The molecule has 4 nitrogen and oxygen atoms in total. The summed E-state index contributed by atoms with van der Waals surface area (Å²) in [5, 5.41) is 5.74. The van der Waals surface area contributed by atoms with Crippen molar-refractivity contribution in [1.82, 2.24) is 10.6 Å². The van der Waals surface area contributed by atoms with Crippen molar-refractivity contribution in [2.75, 3.05) is 27.2 Å². The fourth-order valence-corrected chi connectivity index (χ4v) is 1.04. The standard InChI is InChI=1S/C9H20N2O2/c1-10-7-5-3-4-6-8-11-9(12)13-2/h10H,3-8H2,1-2H3,(H,11,12). The van der Waals surface area contributed by atoms with Crippen LogP contribution in [-0.2, 0) is 4.74 Å². The van der Waals surface area contributed by atoms with Crippen LogP contribution in [0.25, 0.3) is 0 Å². The number of unbranched alkanes of at least 4 members (excludes halogenated alkanes) is 3. The molecule has 1 amide bonds. The first-order valence-electron chi connectivity index (χ1n) is 4.77. The predicted octanol–water partition coefficient (Wildman–Crippen LogP) is 1.12. The largest absolute Gasteiger partial charge is 0.453 e. The summed E-state index contributed by atoms with van der Waals surface area (Å²) >= 11 is 0. The van der Waals surface area contributed by atoms with Gasteiger partial charge in [-0.1, -0.05) is 12.8 Å². The van der Waals surface area contributed by atoms with Gasteiger partial charge in [-0.2, -0.15) is 0 Å². The molecule has 0 bridgehead atoms. The number of hydrogen-bond acceptors (Lipinski definition) is 3. The summed E-state index contributed by atoms with van der Waals surface area (Å²) in [6.45, 7) is 1.79. The number of amides is 1. The summed E-state index contributed by atoms with van der Waals surface area (Å²) in [5.41, 5.74) is 0. The maximum Gasteiger partial charge on any atom is 0.406 e. The summed E-state index contributed by atoms with van der Waals surface area (Å²) in [6.07, 6.45) is 4.26. The van der Waals surface area contributed by atoms with Gasteiger partial charge in [-0.3, -0.25) is 0 Å². The summed E-state index contributed by atoms with van der Waals surface area (Å²) in [6, 6.07) is 0. The van der Waals surface area contributed by atoms with E-state index in [9.17, 15) is 4.79 Å². The second kappa shape index (κ2) is 9.32. The van der Waals surface area contributed by atoms with E-state index in [1.807, 2.05) is 7.05 Å². The average Bonchev–Trinajstić information content (AvgIpc) is 2.16. The number of alkyl carbamates (subject to hydrolysis) is 1. The molecule has 0 aromatic rings. The molecular weight excluding hydrogens is 168 g/mol. The van der Waals surface area contributed by atoms with Gasteiger partial charge in [0.15, 0.2) is 0 Å². The highest BCUT2D eigenvalue weighted by atomic mass is 16.5. The van der Waals surface area contributed by atoms with Gasteiger partial charge in [-0.05, 0) is 26.4 Å². The molecule has 0 radical (unpaired) electrons. The SMILES string of the molecule is CNCCCCCCNC(=O)OC. The summed E-state index contributed by atoms with van der Waals surface area (Å²) in [7, 11) is 3.33. The minimum atomic E-state index is -0.338. The normalized spacial score (nSPS) is 9.69. The lowest BCUT2D eigenvalue weighted by Gasteiger charge is -2.03. The highest BCUT2D eigenvalue weighted by molar-refractivity contribution is 5.66. The van der Waals surface area contributed by atoms with Crippen molar-refractivity contribution in [3.05, 3.63) is 0 Å². The zero-order valence-corrected chi connectivity index (χ0v) is 8.56. The molecule has 0 saturated heterocycles. The Hall–Kier alpha value is -0.770. The number of hydrogen-bond donors (Lipinski definition) is 2. The number of carbonyl (C=O) groups is 1. The lowest BCUT2D eigenvalue weighted by atomic mass is 10.2. The van der Waals surface area contributed by atoms with E-state index in [2.05, 4.69) is 15.4 Å². The van der Waals surface area contributed by atoms with E-state index in [4.69, 9.17) is 0 Å². The van der Waals surface area contributed by atoms with Crippen LogP contribution in [0.15, 0.2) is 0 Å². The average molecular weight is 188 g/mol. The fourth-order valence-electron chi connectivity index (χ4n) is 1.04. The zero-order chi connectivity index (χ0) is 9.94. The van der Waals surface area contributed by atoms with Crippen LogP contribution in [0, 0.1) is 0 Å². The molecule has 0 aliphatic carbocycles. The number of methoxy groups -OCH3 is 1. The van der Waals surface area contributed by atoms with E-state index < -0.39 is 0 Å². The topological polar surface area (TPSA) is 50.4 Å². The molecule has 0 aromatic carbocycles. The van der Waals surface area contributed by atoms with Crippen molar-refractivity contribution in [2.24, 2.45) is 0 Å². The van der Waals surface area contributed by atoms with Crippen LogP contribution in [0.2, 0.25) is 0 Å². The minimum absolute atomic E-state index is 0.338. The van der Waals surface area contributed by atoms with Crippen LogP contribution in [-0.4, -0.2) is 33.3 Å². The van der Waals surface area contributed by atoms with Gasteiger partial charge in [0.05, 0.1) is 7.11 Å². The highest BCUT2D eigenvalue weighted by Crippen LogP contribution is 1.97. The Morgan fingerprint density at radius 3 is 2.31 bits per heavy atom. The van der Waals surface area contributed by atoms with Crippen LogP contribution in [0.5, 0.6) is 0 Å². The maximum atomic E-state index is 10.6. The lowest BCUT2D eigenvalue weighted by molar-refractivity contribution is 0.171. The first-order valence-corrected chi connectivity index (χ1v) is 4.77. The third kappa shape index (κ3) is 9.14. The van der Waals surface area contributed by atoms with Gasteiger partial charge in [-0.25, -0.2) is 4.79 Å². The van der Waals surface area contributed by atoms with Gasteiger partial charge in [0.2, 0.25) is 0 Å². The fraction of sp³-hybridized carbons (Fsp3) is 0.889. The molecule has 0 atom stereocenters. The molecule has 0 aliphatic rings. The van der Waals surface area contributed by atoms with Crippen LogP contribution < -0.4 is 10.6 Å². The second-order valence-corrected chi connectivity index (χ2v) is 2.94. The third-order valence-electron chi connectivity index (χ3n) is 1.81. The molecule has 13 heavy (non-hydrogen) atoms. The van der Waals surface area contributed by atoms with Gasteiger partial charge in [0, 0.05) is 6.54 Å². The van der Waals surface area contributed by atoms with Gasteiger partial charge in [-0.15, -0.1) is 0 Å². The number of nitrogens with one attached hydrogen (secondary N) is 2. The molecule has 0 aliphatic heterocycles. The van der Waals surface area contributed by atoms with Crippen LogP contribution in [0.3, 0.4) is 0 Å². The second-order valence-electron chi connectivity index (χ2n) is 2.94. The van der Waals surface area contributed by atoms with Crippen LogP contribution >= 0.6 is 0 Å². The predicted molar refractivity (Wildman–Crippen MR) is 52.8 cm³/mol.